The van der Waals surface area contributed by atoms with Crippen LogP contribution in [0, 0.1) is 0 Å². The standard InChI is InChI=1S/C7H11N3O/c1-10(7(11)4-8)6-2-3-9-5-6/h2-3,5,9H,4,8H2,1H3. The average molecular weight is 153 g/mol. The lowest BCUT2D eigenvalue weighted by Gasteiger charge is -2.13. The maximum atomic E-state index is 11.0. The monoisotopic (exact) mass is 153 g/mol. The van der Waals surface area contributed by atoms with Crippen LogP contribution < -0.4 is 10.6 Å². The fraction of sp³-hybridized carbons (Fsp3) is 0.286. The summed E-state index contributed by atoms with van der Waals surface area (Å²) in [6.07, 6.45) is 3.50. The number of hydrogen-bond donors (Lipinski definition) is 2. The van der Waals surface area contributed by atoms with E-state index in [9.17, 15) is 4.79 Å². The molecule has 0 aromatic carbocycles. The molecule has 0 unspecified atom stereocenters. The Kier molecular flexibility index (Phi) is 2.28. The highest BCUT2D eigenvalue weighted by molar-refractivity contribution is 5.93. The molecule has 0 atom stereocenters. The summed E-state index contributed by atoms with van der Waals surface area (Å²) < 4.78 is 0. The fourth-order valence-electron chi connectivity index (χ4n) is 0.805. The van der Waals surface area contributed by atoms with Crippen molar-refractivity contribution in [1.82, 2.24) is 4.98 Å². The molecule has 1 amide bonds. The number of likely N-dealkylation sites (N-methyl/N-ethyl adjacent to an activating group) is 1. The molecule has 3 N–H and O–H groups in total. The molecule has 0 saturated carbocycles. The highest BCUT2D eigenvalue weighted by Crippen LogP contribution is 2.09. The van der Waals surface area contributed by atoms with E-state index in [1.165, 1.54) is 4.90 Å². The largest absolute Gasteiger partial charge is 0.366 e. The van der Waals surface area contributed by atoms with Gasteiger partial charge in [0.1, 0.15) is 0 Å². The molecule has 0 fully saturated rings. The lowest BCUT2D eigenvalue weighted by molar-refractivity contribution is -0.117. The molecule has 0 spiro atoms. The van der Waals surface area contributed by atoms with Gasteiger partial charge in [0.25, 0.3) is 0 Å². The Labute approximate surface area is 65.0 Å². The first-order valence-corrected chi connectivity index (χ1v) is 3.35. The number of carbonyl (C=O) groups is 1. The van der Waals surface area contributed by atoms with E-state index in [0.717, 1.165) is 5.69 Å². The predicted octanol–water partition coefficient (Wildman–Crippen LogP) is -0.0638. The first-order chi connectivity index (χ1) is 5.25. The molecule has 1 aromatic rings. The van der Waals surface area contributed by atoms with Crippen molar-refractivity contribution in [3.63, 3.8) is 0 Å². The van der Waals surface area contributed by atoms with Crippen molar-refractivity contribution in [2.24, 2.45) is 5.73 Å². The van der Waals surface area contributed by atoms with Gasteiger partial charge in [-0.3, -0.25) is 4.79 Å². The molecule has 0 aliphatic carbocycles. The van der Waals surface area contributed by atoms with E-state index in [1.54, 1.807) is 19.4 Å². The number of rotatable bonds is 2. The second kappa shape index (κ2) is 3.21. The van der Waals surface area contributed by atoms with Gasteiger partial charge in [0.05, 0.1) is 12.2 Å². The summed E-state index contributed by atoms with van der Waals surface area (Å²) in [7, 11) is 1.69. The number of carbonyl (C=O) groups excluding carboxylic acids is 1. The van der Waals surface area contributed by atoms with Gasteiger partial charge in [0, 0.05) is 19.4 Å². The number of aromatic amines is 1. The second-order valence-corrected chi connectivity index (χ2v) is 2.23. The molecule has 11 heavy (non-hydrogen) atoms. The molecule has 4 nitrogen and oxygen atoms in total. The summed E-state index contributed by atoms with van der Waals surface area (Å²) in [5.41, 5.74) is 6.01. The third-order valence-corrected chi connectivity index (χ3v) is 1.52. The van der Waals surface area contributed by atoms with Crippen molar-refractivity contribution in [2.45, 2.75) is 0 Å². The van der Waals surface area contributed by atoms with Crippen LogP contribution >= 0.6 is 0 Å². The quantitative estimate of drug-likeness (QED) is 0.625. The number of nitrogens with two attached hydrogens (primary N) is 1. The zero-order valence-electron chi connectivity index (χ0n) is 6.37. The maximum Gasteiger partial charge on any atom is 0.240 e. The molecule has 0 bridgehead atoms. The number of aromatic nitrogens is 1. The van der Waals surface area contributed by atoms with Crippen molar-refractivity contribution in [1.29, 1.82) is 0 Å². The van der Waals surface area contributed by atoms with Crippen molar-refractivity contribution >= 4 is 11.6 Å². The first-order valence-electron chi connectivity index (χ1n) is 3.35. The SMILES string of the molecule is CN(C(=O)CN)c1cc[nH]c1. The molecule has 4 heteroatoms. The molecule has 1 aromatic heterocycles. The third-order valence-electron chi connectivity index (χ3n) is 1.52. The Morgan fingerprint density at radius 3 is 3.00 bits per heavy atom. The predicted molar refractivity (Wildman–Crippen MR) is 43.3 cm³/mol. The van der Waals surface area contributed by atoms with Crippen molar-refractivity contribution in [2.75, 3.05) is 18.5 Å². The van der Waals surface area contributed by atoms with Gasteiger partial charge in [-0.2, -0.15) is 0 Å². The van der Waals surface area contributed by atoms with Crippen LogP contribution in [0.4, 0.5) is 5.69 Å². The first kappa shape index (κ1) is 7.81. The van der Waals surface area contributed by atoms with Gasteiger partial charge in [0.15, 0.2) is 0 Å². The van der Waals surface area contributed by atoms with Crippen LogP contribution in [0.5, 0.6) is 0 Å². The molecular formula is C7H11N3O. The zero-order chi connectivity index (χ0) is 8.27. The van der Waals surface area contributed by atoms with Crippen LogP contribution in [0.25, 0.3) is 0 Å². The van der Waals surface area contributed by atoms with Crippen molar-refractivity contribution in [3.8, 4) is 0 Å². The zero-order valence-corrected chi connectivity index (χ0v) is 6.37. The Hall–Kier alpha value is -1.29. The summed E-state index contributed by atoms with van der Waals surface area (Å²) in [5.74, 6) is -0.0930. The van der Waals surface area contributed by atoms with Gasteiger partial charge in [-0.15, -0.1) is 0 Å². The summed E-state index contributed by atoms with van der Waals surface area (Å²) in [4.78, 5) is 15.4. The number of H-pyrrole nitrogens is 1. The van der Waals surface area contributed by atoms with Crippen LogP contribution in [0.1, 0.15) is 0 Å². The highest BCUT2D eigenvalue weighted by Gasteiger charge is 2.07. The van der Waals surface area contributed by atoms with E-state index < -0.39 is 0 Å². The lowest BCUT2D eigenvalue weighted by Crippen LogP contribution is -2.32. The molecule has 0 aliphatic heterocycles. The Morgan fingerprint density at radius 2 is 2.55 bits per heavy atom. The van der Waals surface area contributed by atoms with Crippen molar-refractivity contribution < 1.29 is 4.79 Å². The normalized spacial score (nSPS) is 9.64. The molecular weight excluding hydrogens is 142 g/mol. The van der Waals surface area contributed by atoms with Gasteiger partial charge in [-0.1, -0.05) is 0 Å². The summed E-state index contributed by atoms with van der Waals surface area (Å²) in [5, 5.41) is 0. The molecule has 0 radical (unpaired) electrons. The second-order valence-electron chi connectivity index (χ2n) is 2.23. The molecule has 60 valence electrons. The van der Waals surface area contributed by atoms with Crippen molar-refractivity contribution in [3.05, 3.63) is 18.5 Å². The summed E-state index contributed by atoms with van der Waals surface area (Å²) in [6.45, 7) is 0.0433. The smallest absolute Gasteiger partial charge is 0.240 e. The van der Waals surface area contributed by atoms with E-state index in [1.807, 2.05) is 6.07 Å². The van der Waals surface area contributed by atoms with Crippen LogP contribution in [0.3, 0.4) is 0 Å². The topological polar surface area (TPSA) is 62.1 Å². The minimum absolute atomic E-state index is 0.0433. The van der Waals surface area contributed by atoms with Gasteiger partial charge >= 0.3 is 0 Å². The summed E-state index contributed by atoms with van der Waals surface area (Å²) in [6, 6.07) is 1.81. The lowest BCUT2D eigenvalue weighted by atomic mass is 10.4. The Bertz CT molecular complexity index is 230. The summed E-state index contributed by atoms with van der Waals surface area (Å²) >= 11 is 0. The van der Waals surface area contributed by atoms with E-state index in [0.29, 0.717) is 0 Å². The molecule has 0 saturated heterocycles. The Balaban J connectivity index is 2.70. The average Bonchev–Trinajstić information content (AvgIpc) is 2.53. The molecule has 1 heterocycles. The van der Waals surface area contributed by atoms with Crippen LogP contribution in [-0.4, -0.2) is 24.5 Å². The number of anilines is 1. The van der Waals surface area contributed by atoms with Crippen LogP contribution in [0.15, 0.2) is 18.5 Å². The number of nitrogens with zero attached hydrogens (tertiary/aromatic N) is 1. The molecule has 0 aliphatic rings. The van der Waals surface area contributed by atoms with Crippen LogP contribution in [0.2, 0.25) is 0 Å². The van der Waals surface area contributed by atoms with E-state index in [2.05, 4.69) is 4.98 Å². The van der Waals surface area contributed by atoms with Gasteiger partial charge < -0.3 is 15.6 Å². The van der Waals surface area contributed by atoms with E-state index in [4.69, 9.17) is 5.73 Å². The van der Waals surface area contributed by atoms with E-state index in [-0.39, 0.29) is 12.5 Å². The van der Waals surface area contributed by atoms with Gasteiger partial charge in [-0.05, 0) is 6.07 Å². The molecule has 1 rings (SSSR count). The number of nitrogens with one attached hydrogen (secondary N) is 1. The number of hydrogen-bond acceptors (Lipinski definition) is 2. The minimum Gasteiger partial charge on any atom is -0.366 e. The minimum atomic E-state index is -0.0930. The Morgan fingerprint density at radius 1 is 1.82 bits per heavy atom. The third kappa shape index (κ3) is 1.59. The van der Waals surface area contributed by atoms with Gasteiger partial charge in [0.2, 0.25) is 5.91 Å². The van der Waals surface area contributed by atoms with E-state index >= 15 is 0 Å². The fourth-order valence-corrected chi connectivity index (χ4v) is 0.805. The van der Waals surface area contributed by atoms with Gasteiger partial charge in [-0.25, -0.2) is 0 Å². The maximum absolute atomic E-state index is 11.0. The number of amides is 1. The highest BCUT2D eigenvalue weighted by atomic mass is 16.2. The van der Waals surface area contributed by atoms with Crippen LogP contribution in [-0.2, 0) is 4.79 Å².